The van der Waals surface area contributed by atoms with Gasteiger partial charge in [-0.2, -0.15) is 0 Å². The number of nitrogens with one attached hydrogen (secondary N) is 1. The summed E-state index contributed by atoms with van der Waals surface area (Å²) in [5.41, 5.74) is 5.51. The van der Waals surface area contributed by atoms with E-state index >= 15 is 0 Å². The third kappa shape index (κ3) is 4.03. The molecule has 3 heteroatoms. The normalized spacial score (nSPS) is 24.6. The van der Waals surface area contributed by atoms with Crippen molar-refractivity contribution in [3.63, 3.8) is 0 Å². The van der Waals surface area contributed by atoms with Gasteiger partial charge in [0.2, 0.25) is 0 Å². The molecule has 1 aliphatic carbocycles. The summed E-state index contributed by atoms with van der Waals surface area (Å²) < 4.78 is 0. The van der Waals surface area contributed by atoms with Crippen molar-refractivity contribution in [2.24, 2.45) is 17.7 Å². The lowest BCUT2D eigenvalue weighted by molar-refractivity contribution is 0.207. The van der Waals surface area contributed by atoms with Crippen LogP contribution < -0.4 is 11.3 Å². The first-order valence-corrected chi connectivity index (χ1v) is 8.16. The van der Waals surface area contributed by atoms with Crippen molar-refractivity contribution < 1.29 is 0 Å². The van der Waals surface area contributed by atoms with Gasteiger partial charge in [0.1, 0.15) is 0 Å². The Morgan fingerprint density at radius 3 is 2.80 bits per heavy atom. The highest BCUT2D eigenvalue weighted by Gasteiger charge is 2.27. The maximum absolute atomic E-state index is 5.82. The summed E-state index contributed by atoms with van der Waals surface area (Å²) in [5.74, 6) is 7.41. The van der Waals surface area contributed by atoms with Gasteiger partial charge in [-0.05, 0) is 42.7 Å². The first-order chi connectivity index (χ1) is 9.76. The fourth-order valence-electron chi connectivity index (χ4n) is 3.44. The van der Waals surface area contributed by atoms with Crippen LogP contribution in [-0.4, -0.2) is 11.0 Å². The Labute approximate surface area is 123 Å². The summed E-state index contributed by atoms with van der Waals surface area (Å²) in [6.45, 7) is 4.47. The zero-order valence-corrected chi connectivity index (χ0v) is 12.9. The zero-order valence-electron chi connectivity index (χ0n) is 12.9. The molecule has 1 aromatic heterocycles. The molecule has 0 aliphatic heterocycles. The second-order valence-electron chi connectivity index (χ2n) is 6.19. The third-order valence-electron chi connectivity index (χ3n) is 4.91. The highest BCUT2D eigenvalue weighted by atomic mass is 15.2. The van der Waals surface area contributed by atoms with E-state index in [0.717, 1.165) is 24.5 Å². The number of nitrogens with zero attached hydrogens (tertiary/aromatic N) is 1. The summed E-state index contributed by atoms with van der Waals surface area (Å²) in [7, 11) is 0. The van der Waals surface area contributed by atoms with Crippen LogP contribution in [0.1, 0.15) is 57.2 Å². The number of hydrogen-bond donors (Lipinski definition) is 2. The molecule has 1 aromatic rings. The lowest BCUT2D eigenvalue weighted by Crippen LogP contribution is -2.44. The van der Waals surface area contributed by atoms with Crippen molar-refractivity contribution >= 4 is 0 Å². The average Bonchev–Trinajstić information content (AvgIpc) is 2.53. The minimum absolute atomic E-state index is 0.365. The van der Waals surface area contributed by atoms with Crippen molar-refractivity contribution in [3.8, 4) is 0 Å². The number of aromatic nitrogens is 1. The van der Waals surface area contributed by atoms with E-state index in [1.54, 1.807) is 0 Å². The van der Waals surface area contributed by atoms with Gasteiger partial charge in [-0.15, -0.1) is 0 Å². The number of hydrazine groups is 1. The van der Waals surface area contributed by atoms with Crippen molar-refractivity contribution in [3.05, 3.63) is 29.6 Å². The Morgan fingerprint density at radius 2 is 2.20 bits per heavy atom. The van der Waals surface area contributed by atoms with E-state index in [1.165, 1.54) is 37.7 Å². The molecular formula is C17H29N3. The highest BCUT2D eigenvalue weighted by Crippen LogP contribution is 2.33. The van der Waals surface area contributed by atoms with Crippen LogP contribution in [0.15, 0.2) is 18.3 Å². The van der Waals surface area contributed by atoms with Crippen molar-refractivity contribution in [1.82, 2.24) is 10.4 Å². The van der Waals surface area contributed by atoms with E-state index in [2.05, 4.69) is 36.4 Å². The van der Waals surface area contributed by atoms with Crippen molar-refractivity contribution in [1.29, 1.82) is 0 Å². The summed E-state index contributed by atoms with van der Waals surface area (Å²) in [6, 6.07) is 4.71. The van der Waals surface area contributed by atoms with Gasteiger partial charge in [0.25, 0.3) is 0 Å². The van der Waals surface area contributed by atoms with Gasteiger partial charge in [-0.25, -0.2) is 0 Å². The molecule has 2 rings (SSSR count). The molecule has 1 aliphatic rings. The molecule has 1 fully saturated rings. The average molecular weight is 275 g/mol. The molecule has 0 bridgehead atoms. The number of rotatable bonds is 6. The molecule has 0 amide bonds. The molecule has 3 atom stereocenters. The number of aryl methyl sites for hydroxylation is 1. The number of hydrogen-bond acceptors (Lipinski definition) is 3. The summed E-state index contributed by atoms with van der Waals surface area (Å²) >= 11 is 0. The highest BCUT2D eigenvalue weighted by molar-refractivity contribution is 5.14. The van der Waals surface area contributed by atoms with Crippen molar-refractivity contribution in [2.45, 2.75) is 64.8 Å². The molecule has 0 spiro atoms. The molecule has 0 radical (unpaired) electrons. The molecule has 3 N–H and O–H groups in total. The molecular weight excluding hydrogens is 246 g/mol. The number of pyridine rings is 1. The summed E-state index contributed by atoms with van der Waals surface area (Å²) in [5, 5.41) is 0. The molecule has 0 aromatic carbocycles. The topological polar surface area (TPSA) is 50.9 Å². The molecule has 3 nitrogen and oxygen atoms in total. The second-order valence-corrected chi connectivity index (χ2v) is 6.19. The minimum atomic E-state index is 0.365. The lowest BCUT2D eigenvalue weighted by Gasteiger charge is -2.34. The second kappa shape index (κ2) is 7.75. The third-order valence-corrected chi connectivity index (χ3v) is 4.91. The van der Waals surface area contributed by atoms with Crippen LogP contribution in [0.2, 0.25) is 0 Å². The molecule has 1 heterocycles. The lowest BCUT2D eigenvalue weighted by atomic mass is 9.76. The van der Waals surface area contributed by atoms with Crippen LogP contribution in [0.4, 0.5) is 0 Å². The molecule has 0 saturated heterocycles. The maximum Gasteiger partial charge on any atom is 0.0419 e. The van der Waals surface area contributed by atoms with Gasteiger partial charge in [0.05, 0.1) is 0 Å². The SMILES string of the molecule is CCc1ccc(CC(NN)C2CCCC(CC)C2)nc1. The van der Waals surface area contributed by atoms with Gasteiger partial charge in [-0.1, -0.05) is 39.2 Å². The summed E-state index contributed by atoms with van der Waals surface area (Å²) in [4.78, 5) is 4.58. The Bertz CT molecular complexity index is 388. The van der Waals surface area contributed by atoms with E-state index in [9.17, 15) is 0 Å². The van der Waals surface area contributed by atoms with Gasteiger partial charge in [-0.3, -0.25) is 16.3 Å². The van der Waals surface area contributed by atoms with Gasteiger partial charge >= 0.3 is 0 Å². The monoisotopic (exact) mass is 275 g/mol. The van der Waals surface area contributed by atoms with Crippen LogP contribution >= 0.6 is 0 Å². The van der Waals surface area contributed by atoms with Crippen LogP contribution in [0.3, 0.4) is 0 Å². The van der Waals surface area contributed by atoms with Crippen LogP contribution in [-0.2, 0) is 12.8 Å². The first kappa shape index (κ1) is 15.5. The first-order valence-electron chi connectivity index (χ1n) is 8.16. The number of nitrogens with two attached hydrogens (primary N) is 1. The molecule has 20 heavy (non-hydrogen) atoms. The van der Waals surface area contributed by atoms with Gasteiger partial charge in [0.15, 0.2) is 0 Å². The minimum Gasteiger partial charge on any atom is -0.271 e. The van der Waals surface area contributed by atoms with Crippen LogP contribution in [0.25, 0.3) is 0 Å². The predicted octanol–water partition coefficient (Wildman–Crippen LogP) is 3.23. The molecule has 3 unspecified atom stereocenters. The van der Waals surface area contributed by atoms with Crippen LogP contribution in [0, 0.1) is 11.8 Å². The molecule has 112 valence electrons. The fraction of sp³-hybridized carbons (Fsp3) is 0.706. The smallest absolute Gasteiger partial charge is 0.0419 e. The Balaban J connectivity index is 1.96. The van der Waals surface area contributed by atoms with E-state index in [0.29, 0.717) is 12.0 Å². The Hall–Kier alpha value is -0.930. The maximum atomic E-state index is 5.82. The largest absolute Gasteiger partial charge is 0.271 e. The molecule has 1 saturated carbocycles. The quantitative estimate of drug-likeness (QED) is 0.619. The van der Waals surface area contributed by atoms with E-state index in [-0.39, 0.29) is 0 Å². The predicted molar refractivity (Wildman–Crippen MR) is 84.2 cm³/mol. The standard InChI is InChI=1S/C17H29N3/c1-3-13-6-5-7-15(10-13)17(20-18)11-16-9-8-14(4-2)12-19-16/h8-9,12-13,15,17,20H,3-7,10-11,18H2,1-2H3. The van der Waals surface area contributed by atoms with Crippen LogP contribution in [0.5, 0.6) is 0 Å². The Morgan fingerprint density at radius 1 is 1.35 bits per heavy atom. The van der Waals surface area contributed by atoms with E-state index in [1.807, 2.05) is 6.20 Å². The van der Waals surface area contributed by atoms with E-state index < -0.39 is 0 Å². The summed E-state index contributed by atoms with van der Waals surface area (Å²) in [6.07, 6.45) is 10.7. The zero-order chi connectivity index (χ0) is 14.4. The van der Waals surface area contributed by atoms with Gasteiger partial charge in [0, 0.05) is 24.4 Å². The fourth-order valence-corrected chi connectivity index (χ4v) is 3.44. The van der Waals surface area contributed by atoms with E-state index in [4.69, 9.17) is 5.84 Å². The van der Waals surface area contributed by atoms with Gasteiger partial charge < -0.3 is 0 Å². The van der Waals surface area contributed by atoms with Crippen molar-refractivity contribution in [2.75, 3.05) is 0 Å². The Kier molecular flexibility index (Phi) is 5.99.